The Morgan fingerprint density at radius 1 is 1.19 bits per heavy atom. The molecule has 2 aliphatic heterocycles. The van der Waals surface area contributed by atoms with Crippen LogP contribution in [0, 0.1) is 6.92 Å². The van der Waals surface area contributed by atoms with Crippen LogP contribution in [0.15, 0.2) is 52.1 Å². The number of rotatable bonds is 9. The fraction of sp³-hybridized carbons (Fsp3) is 0.440. The second-order valence-corrected chi connectivity index (χ2v) is 8.37. The second-order valence-electron chi connectivity index (χ2n) is 8.37. The van der Waals surface area contributed by atoms with E-state index in [1.54, 1.807) is 24.0 Å². The standard InChI is InChI=1S/C25H30N2O5/c1-3-15-31-19-8-6-7-18(16-19)22-21(23(28)20-10-9-17(2)32-20)24(29)25(30)27(22)14-13-26-11-4-5-12-26/h6-10,16,22,29H,3-5,11-15H2,1-2H3. The summed E-state index contributed by atoms with van der Waals surface area (Å²) in [6.45, 7) is 7.48. The minimum absolute atomic E-state index is 0.0541. The van der Waals surface area contributed by atoms with Crippen LogP contribution < -0.4 is 4.74 Å². The summed E-state index contributed by atoms with van der Waals surface area (Å²) >= 11 is 0. The predicted octanol–water partition coefficient (Wildman–Crippen LogP) is 4.05. The molecule has 7 heteroatoms. The van der Waals surface area contributed by atoms with Crippen molar-refractivity contribution in [2.45, 2.75) is 39.2 Å². The molecule has 0 saturated carbocycles. The molecule has 1 saturated heterocycles. The van der Waals surface area contributed by atoms with Crippen LogP contribution in [0.1, 0.15) is 54.1 Å². The Balaban J connectivity index is 1.69. The van der Waals surface area contributed by atoms with Gasteiger partial charge in [-0.05, 0) is 69.1 Å². The van der Waals surface area contributed by atoms with Gasteiger partial charge in [-0.25, -0.2) is 0 Å². The SMILES string of the molecule is CCCOc1cccc(C2C(C(=O)c3ccc(C)o3)=C(O)C(=O)N2CCN2CCCC2)c1. The third-order valence-corrected chi connectivity index (χ3v) is 6.01. The molecule has 1 atom stereocenters. The molecule has 2 aromatic rings. The number of furan rings is 1. The van der Waals surface area contributed by atoms with Crippen molar-refractivity contribution in [3.63, 3.8) is 0 Å². The third kappa shape index (κ3) is 4.43. The van der Waals surface area contributed by atoms with Gasteiger partial charge >= 0.3 is 0 Å². The first-order chi connectivity index (χ1) is 15.5. The summed E-state index contributed by atoms with van der Waals surface area (Å²) in [4.78, 5) is 30.3. The highest BCUT2D eigenvalue weighted by molar-refractivity contribution is 6.15. The van der Waals surface area contributed by atoms with E-state index in [4.69, 9.17) is 9.15 Å². The van der Waals surface area contributed by atoms with Crippen molar-refractivity contribution < 1.29 is 23.8 Å². The molecule has 0 spiro atoms. The van der Waals surface area contributed by atoms with Crippen molar-refractivity contribution in [2.24, 2.45) is 0 Å². The van der Waals surface area contributed by atoms with Gasteiger partial charge in [0, 0.05) is 13.1 Å². The van der Waals surface area contributed by atoms with E-state index < -0.39 is 23.5 Å². The Labute approximate surface area is 188 Å². The molecule has 32 heavy (non-hydrogen) atoms. The maximum Gasteiger partial charge on any atom is 0.290 e. The quantitative estimate of drug-likeness (QED) is 0.595. The smallest absolute Gasteiger partial charge is 0.290 e. The molecule has 0 bridgehead atoms. The number of aliphatic hydroxyl groups excluding tert-OH is 1. The zero-order valence-electron chi connectivity index (χ0n) is 18.7. The fourth-order valence-electron chi connectivity index (χ4n) is 4.40. The predicted molar refractivity (Wildman–Crippen MR) is 120 cm³/mol. The van der Waals surface area contributed by atoms with Gasteiger partial charge in [-0.1, -0.05) is 19.1 Å². The van der Waals surface area contributed by atoms with Crippen LogP contribution in [0.3, 0.4) is 0 Å². The van der Waals surface area contributed by atoms with E-state index in [1.165, 1.54) is 0 Å². The first-order valence-electron chi connectivity index (χ1n) is 11.3. The highest BCUT2D eigenvalue weighted by Crippen LogP contribution is 2.40. The van der Waals surface area contributed by atoms with Crippen molar-refractivity contribution >= 4 is 11.7 Å². The van der Waals surface area contributed by atoms with E-state index in [9.17, 15) is 14.7 Å². The first kappa shape index (κ1) is 22.1. The molecular formula is C25H30N2O5. The van der Waals surface area contributed by atoms with Crippen molar-refractivity contribution in [1.82, 2.24) is 9.80 Å². The molecule has 1 aromatic carbocycles. The zero-order valence-corrected chi connectivity index (χ0v) is 18.7. The number of benzene rings is 1. The summed E-state index contributed by atoms with van der Waals surface area (Å²) in [6, 6.07) is 9.97. The average molecular weight is 439 g/mol. The lowest BCUT2D eigenvalue weighted by molar-refractivity contribution is -0.129. The van der Waals surface area contributed by atoms with E-state index in [0.717, 1.165) is 37.9 Å². The van der Waals surface area contributed by atoms with Gasteiger partial charge in [0.1, 0.15) is 11.5 Å². The van der Waals surface area contributed by atoms with Gasteiger partial charge in [0.2, 0.25) is 5.78 Å². The van der Waals surface area contributed by atoms with E-state index >= 15 is 0 Å². The molecule has 1 fully saturated rings. The largest absolute Gasteiger partial charge is 0.503 e. The molecule has 1 N–H and O–H groups in total. The highest BCUT2D eigenvalue weighted by atomic mass is 16.5. The van der Waals surface area contributed by atoms with Crippen molar-refractivity contribution in [3.8, 4) is 5.75 Å². The lowest BCUT2D eigenvalue weighted by atomic mass is 9.95. The van der Waals surface area contributed by atoms with Crippen LogP contribution in [0.25, 0.3) is 0 Å². The number of amides is 1. The van der Waals surface area contributed by atoms with Crippen molar-refractivity contribution in [1.29, 1.82) is 0 Å². The molecule has 4 rings (SSSR count). The molecule has 3 heterocycles. The van der Waals surface area contributed by atoms with Crippen LogP contribution in [-0.4, -0.2) is 59.4 Å². The summed E-state index contributed by atoms with van der Waals surface area (Å²) in [5.74, 6) is -0.131. The third-order valence-electron chi connectivity index (χ3n) is 6.01. The number of aliphatic hydroxyl groups is 1. The van der Waals surface area contributed by atoms with E-state index in [0.29, 0.717) is 31.2 Å². The van der Waals surface area contributed by atoms with Crippen molar-refractivity contribution in [2.75, 3.05) is 32.8 Å². The highest BCUT2D eigenvalue weighted by Gasteiger charge is 2.44. The van der Waals surface area contributed by atoms with E-state index in [1.807, 2.05) is 31.2 Å². The van der Waals surface area contributed by atoms with Crippen LogP contribution in [-0.2, 0) is 4.79 Å². The Morgan fingerprint density at radius 3 is 2.66 bits per heavy atom. The Bertz CT molecular complexity index is 1020. The lowest BCUT2D eigenvalue weighted by Gasteiger charge is -2.28. The summed E-state index contributed by atoms with van der Waals surface area (Å²) in [5, 5.41) is 10.8. The number of carbonyl (C=O) groups is 2. The second kappa shape index (κ2) is 9.61. The molecule has 170 valence electrons. The van der Waals surface area contributed by atoms with Gasteiger partial charge in [0.25, 0.3) is 5.91 Å². The first-order valence-corrected chi connectivity index (χ1v) is 11.3. The molecule has 0 aliphatic carbocycles. The number of Topliss-reactive ketones (excluding diaryl/α,β-unsaturated/α-hetero) is 1. The number of hydrogen-bond donors (Lipinski definition) is 1. The van der Waals surface area contributed by atoms with Gasteiger partial charge in [0.05, 0.1) is 18.2 Å². The lowest BCUT2D eigenvalue weighted by Crippen LogP contribution is -2.37. The van der Waals surface area contributed by atoms with Crippen LogP contribution in [0.4, 0.5) is 0 Å². The van der Waals surface area contributed by atoms with Gasteiger partial charge in [-0.15, -0.1) is 0 Å². The normalized spacial score (nSPS) is 19.2. The van der Waals surface area contributed by atoms with Gasteiger partial charge in [0.15, 0.2) is 11.5 Å². The molecule has 7 nitrogen and oxygen atoms in total. The Hall–Kier alpha value is -3.06. The Kier molecular flexibility index (Phi) is 6.65. The number of likely N-dealkylation sites (tertiary alicyclic amines) is 1. The minimum atomic E-state index is -0.701. The number of nitrogens with zero attached hydrogens (tertiary/aromatic N) is 2. The minimum Gasteiger partial charge on any atom is -0.503 e. The maximum atomic E-state index is 13.3. The summed E-state index contributed by atoms with van der Waals surface area (Å²) in [7, 11) is 0. The van der Waals surface area contributed by atoms with Crippen LogP contribution >= 0.6 is 0 Å². The number of carbonyl (C=O) groups excluding carboxylic acids is 2. The monoisotopic (exact) mass is 438 g/mol. The van der Waals surface area contributed by atoms with Crippen molar-refractivity contribution in [3.05, 3.63) is 64.8 Å². The van der Waals surface area contributed by atoms with Gasteiger partial charge in [-0.2, -0.15) is 0 Å². The number of ether oxygens (including phenoxy) is 1. The Morgan fingerprint density at radius 2 is 1.97 bits per heavy atom. The molecular weight excluding hydrogens is 408 g/mol. The fourth-order valence-corrected chi connectivity index (χ4v) is 4.40. The molecule has 2 aliphatic rings. The average Bonchev–Trinajstić information content (AvgIpc) is 3.52. The number of hydrogen-bond acceptors (Lipinski definition) is 6. The molecule has 1 unspecified atom stereocenters. The van der Waals surface area contributed by atoms with Crippen LogP contribution in [0.5, 0.6) is 5.75 Å². The van der Waals surface area contributed by atoms with Gasteiger partial charge < -0.3 is 24.1 Å². The molecule has 0 radical (unpaired) electrons. The van der Waals surface area contributed by atoms with E-state index in [2.05, 4.69) is 4.90 Å². The maximum absolute atomic E-state index is 13.3. The van der Waals surface area contributed by atoms with Gasteiger partial charge in [-0.3, -0.25) is 9.59 Å². The van der Waals surface area contributed by atoms with Crippen LogP contribution in [0.2, 0.25) is 0 Å². The summed E-state index contributed by atoms with van der Waals surface area (Å²) in [5.41, 5.74) is 0.780. The topological polar surface area (TPSA) is 83.2 Å². The summed E-state index contributed by atoms with van der Waals surface area (Å²) in [6.07, 6.45) is 3.18. The van der Waals surface area contributed by atoms with E-state index in [-0.39, 0.29) is 11.3 Å². The number of aryl methyl sites for hydroxylation is 1. The number of ketones is 1. The molecule has 1 aromatic heterocycles. The molecule has 1 amide bonds. The zero-order chi connectivity index (χ0) is 22.7. The summed E-state index contributed by atoms with van der Waals surface area (Å²) < 4.78 is 11.3.